The highest BCUT2D eigenvalue weighted by Crippen LogP contribution is 2.67. The lowest BCUT2D eigenvalue weighted by Gasteiger charge is -2.58. The average molecular weight is 929 g/mol. The predicted octanol–water partition coefficient (Wildman–Crippen LogP) is 6.68. The number of allylic oxidation sites excluding steroid dienone is 1. The number of ketones is 1. The predicted molar refractivity (Wildman–Crippen MR) is 255 cm³/mol. The number of carbonyl (C=O) groups is 3. The number of aryl methyl sites for hydroxylation is 1. The lowest BCUT2D eigenvalue weighted by molar-refractivity contribution is -0.149. The summed E-state index contributed by atoms with van der Waals surface area (Å²) in [6.07, 6.45) is 6.26. The smallest absolute Gasteiger partial charge is 0.318 e. The number of aromatic nitrogens is 1. The van der Waals surface area contributed by atoms with E-state index in [0.717, 1.165) is 50.7 Å². The van der Waals surface area contributed by atoms with E-state index in [2.05, 4.69) is 34.3 Å². The Morgan fingerprint density at radius 1 is 1.00 bits per heavy atom. The monoisotopic (exact) mass is 928 g/mol. The molecule has 7 N–H and O–H groups in total. The molecule has 3 fully saturated rings. The Balaban J connectivity index is 1.20. The van der Waals surface area contributed by atoms with E-state index in [4.69, 9.17) is 14.2 Å². The number of para-hydroxylation sites is 1. The highest BCUT2D eigenvalue weighted by atomic mass is 16.5. The van der Waals surface area contributed by atoms with Crippen LogP contribution >= 0.6 is 0 Å². The quantitative estimate of drug-likeness (QED) is 0.0478. The molecule has 0 amide bonds. The van der Waals surface area contributed by atoms with Gasteiger partial charge in [0.15, 0.2) is 23.0 Å². The molecule has 11 atom stereocenters. The van der Waals surface area contributed by atoms with Crippen LogP contribution in [-0.4, -0.2) is 99.8 Å². The minimum atomic E-state index is -0.797. The fraction of sp³-hybridized carbons (Fsp3) is 0.509. The molecule has 1 aromatic heterocycles. The van der Waals surface area contributed by atoms with Crippen molar-refractivity contribution in [2.45, 2.75) is 114 Å². The van der Waals surface area contributed by atoms with Gasteiger partial charge >= 0.3 is 5.97 Å². The van der Waals surface area contributed by atoms with Crippen molar-refractivity contribution < 1.29 is 54.1 Å². The second-order valence-corrected chi connectivity index (χ2v) is 20.1. The maximum atomic E-state index is 15.1. The van der Waals surface area contributed by atoms with Crippen molar-refractivity contribution in [3.8, 4) is 34.8 Å². The Hall–Kier alpha value is -5.65. The molecule has 0 saturated heterocycles. The number of ether oxygens (including phenoxy) is 3. The Morgan fingerprint density at radius 2 is 1.82 bits per heavy atom. The zero-order chi connectivity index (χ0) is 47.7. The summed E-state index contributed by atoms with van der Waals surface area (Å²) in [6.45, 7) is 1.94. The van der Waals surface area contributed by atoms with E-state index in [1.165, 1.54) is 13.2 Å². The summed E-state index contributed by atoms with van der Waals surface area (Å²) in [4.78, 5) is 45.8. The summed E-state index contributed by atoms with van der Waals surface area (Å²) in [5.74, 6) is 5.11. The van der Waals surface area contributed by atoms with E-state index in [1.807, 2.05) is 24.3 Å². The summed E-state index contributed by atoms with van der Waals surface area (Å²) in [5.41, 5.74) is 5.48. The molecule has 2 heterocycles. The molecular weight excluding hydrogens is 865 g/mol. The van der Waals surface area contributed by atoms with E-state index in [1.54, 1.807) is 25.1 Å². The molecule has 4 aliphatic carbocycles. The molecule has 13 heteroatoms. The number of aldehydes is 1. The number of hydrogen-bond acceptors (Lipinski definition) is 12. The van der Waals surface area contributed by atoms with E-state index < -0.39 is 35.6 Å². The first-order valence-corrected chi connectivity index (χ1v) is 24.4. The Morgan fingerprint density at radius 3 is 2.62 bits per heavy atom. The van der Waals surface area contributed by atoms with Crippen LogP contribution in [0.3, 0.4) is 0 Å². The second kappa shape index (κ2) is 20.1. The molecular formula is C55H64N2O11. The summed E-state index contributed by atoms with van der Waals surface area (Å²) in [7, 11) is 1.52. The van der Waals surface area contributed by atoms with Crippen LogP contribution in [0, 0.1) is 46.8 Å². The number of cyclic esters (lactones) is 1. The lowest BCUT2D eigenvalue weighted by Crippen LogP contribution is -2.53. The van der Waals surface area contributed by atoms with Crippen molar-refractivity contribution in [1.29, 1.82) is 0 Å². The van der Waals surface area contributed by atoms with Gasteiger partial charge in [-0.1, -0.05) is 42.2 Å². The van der Waals surface area contributed by atoms with Gasteiger partial charge in [-0.3, -0.25) is 9.59 Å². The van der Waals surface area contributed by atoms with Crippen LogP contribution in [0.1, 0.15) is 105 Å². The van der Waals surface area contributed by atoms with Crippen molar-refractivity contribution in [3.05, 3.63) is 88.6 Å². The van der Waals surface area contributed by atoms with Crippen LogP contribution in [0.25, 0.3) is 16.5 Å². The third-order valence-corrected chi connectivity index (χ3v) is 15.9. The molecule has 360 valence electrons. The van der Waals surface area contributed by atoms with Crippen molar-refractivity contribution in [2.75, 3.05) is 26.9 Å². The van der Waals surface area contributed by atoms with Gasteiger partial charge in [0.05, 0.1) is 31.6 Å². The number of aromatic amines is 1. The van der Waals surface area contributed by atoms with Gasteiger partial charge in [0.2, 0.25) is 0 Å². The maximum absolute atomic E-state index is 15.1. The Labute approximate surface area is 397 Å². The SMILES string of the molecule is COc1cc2c(cc1O)C1=CC3CC4(CC(NCC(C)O)CC4C=O)C4CC(O)CCC4C3C2CC(=O)CC(CCc2ccc(O)c(OCCO)c2)OC(=O)CC#CCc2c1[nH]c1ccccc21. The summed E-state index contributed by atoms with van der Waals surface area (Å²) in [5, 5.41) is 57.7. The summed E-state index contributed by atoms with van der Waals surface area (Å²) < 4.78 is 17.5. The Bertz CT molecular complexity index is 2620. The fourth-order valence-corrected chi connectivity index (χ4v) is 13.2. The van der Waals surface area contributed by atoms with Gasteiger partial charge in [0, 0.05) is 54.2 Å². The number of H-pyrrole nitrogens is 1. The van der Waals surface area contributed by atoms with Gasteiger partial charge in [-0.2, -0.15) is 0 Å². The molecule has 5 aliphatic rings. The van der Waals surface area contributed by atoms with Gasteiger partial charge in [0.25, 0.3) is 0 Å². The number of carbonyl (C=O) groups excluding carboxylic acids is 3. The molecule has 13 nitrogen and oxygen atoms in total. The molecule has 3 saturated carbocycles. The van der Waals surface area contributed by atoms with Crippen LogP contribution < -0.4 is 14.8 Å². The number of aliphatic hydroxyl groups is 3. The van der Waals surface area contributed by atoms with Gasteiger partial charge in [-0.15, -0.1) is 0 Å². The highest BCUT2D eigenvalue weighted by molar-refractivity contribution is 5.94. The highest BCUT2D eigenvalue weighted by Gasteiger charge is 2.62. The topological polar surface area (TPSA) is 208 Å². The van der Waals surface area contributed by atoms with E-state index in [-0.39, 0.29) is 96.9 Å². The molecule has 0 radical (unpaired) electrons. The minimum absolute atomic E-state index is 0.00434. The van der Waals surface area contributed by atoms with Crippen LogP contribution in [0.2, 0.25) is 0 Å². The zero-order valence-corrected chi connectivity index (χ0v) is 38.9. The molecule has 9 rings (SSSR count). The van der Waals surface area contributed by atoms with Gasteiger partial charge < -0.3 is 54.8 Å². The number of esters is 1. The molecule has 11 unspecified atom stereocenters. The molecule has 3 aromatic carbocycles. The third-order valence-electron chi connectivity index (χ3n) is 15.9. The van der Waals surface area contributed by atoms with Crippen molar-refractivity contribution in [3.63, 3.8) is 0 Å². The number of nitrogens with one attached hydrogen (secondary N) is 2. The Kier molecular flexibility index (Phi) is 14.0. The van der Waals surface area contributed by atoms with E-state index in [9.17, 15) is 35.1 Å². The first-order valence-electron chi connectivity index (χ1n) is 24.4. The average Bonchev–Trinajstić information content (AvgIpc) is 3.84. The van der Waals surface area contributed by atoms with Gasteiger partial charge in [0.1, 0.15) is 31.2 Å². The van der Waals surface area contributed by atoms with Crippen molar-refractivity contribution in [1.82, 2.24) is 10.3 Å². The third kappa shape index (κ3) is 9.40. The van der Waals surface area contributed by atoms with Crippen LogP contribution in [0.4, 0.5) is 0 Å². The van der Waals surface area contributed by atoms with E-state index in [0.29, 0.717) is 64.3 Å². The summed E-state index contributed by atoms with van der Waals surface area (Å²) in [6, 6.07) is 16.6. The van der Waals surface area contributed by atoms with Crippen LogP contribution in [0.5, 0.6) is 23.0 Å². The number of phenols is 2. The van der Waals surface area contributed by atoms with Crippen molar-refractivity contribution in [2.24, 2.45) is 35.0 Å². The zero-order valence-electron chi connectivity index (χ0n) is 38.9. The molecule has 4 aromatic rings. The second-order valence-electron chi connectivity index (χ2n) is 20.1. The number of Topliss-reactive ketones (excluding diaryl/α,β-unsaturated/α-hetero) is 1. The first-order chi connectivity index (χ1) is 32.9. The van der Waals surface area contributed by atoms with Gasteiger partial charge in [-0.05, 0) is 146 Å². The minimum Gasteiger partial charge on any atom is -0.504 e. The molecule has 1 spiro atoms. The number of hydrogen-bond donors (Lipinski definition) is 7. The molecule has 68 heavy (non-hydrogen) atoms. The van der Waals surface area contributed by atoms with Gasteiger partial charge in [-0.25, -0.2) is 0 Å². The number of fused-ring (bicyclic) bond motifs is 9. The first kappa shape index (κ1) is 47.4. The molecule has 2 bridgehead atoms. The maximum Gasteiger partial charge on any atom is 0.318 e. The fourth-order valence-electron chi connectivity index (χ4n) is 13.2. The normalized spacial score (nSPS) is 29.6. The number of benzene rings is 3. The molecule has 1 aliphatic heterocycles. The number of methoxy groups -OCH3 is 1. The van der Waals surface area contributed by atoms with Crippen LogP contribution in [0.15, 0.2) is 60.7 Å². The number of aliphatic hydroxyl groups excluding tert-OH is 3. The number of aromatic hydroxyl groups is 2. The largest absolute Gasteiger partial charge is 0.504 e. The van der Waals surface area contributed by atoms with Crippen molar-refractivity contribution >= 4 is 34.5 Å². The number of rotatable bonds is 11. The van der Waals surface area contributed by atoms with Crippen LogP contribution in [-0.2, 0) is 32.0 Å². The standard InChI is InChI=1S/C55H64N2O11/c1-31(60)29-56-35-21-34(30-59)55(28-35)27-33-20-45-42-25-49(64)50(66-2)26-43(42)44(53(33)41-15-13-36(61)24-46(41)55)23-37(62)22-38(14-11-32-12-16-48(63)51(19-32)67-18-17-58)68-52(65)10-6-4-8-40-39-7-3-5-9-47(39)57-54(40)45/h3,5,7,9,12,16,19-20,25-26,30-31,33-36,38,41,44,46,53,56-58,60-61,63-64H,8,10-11,13-15,17-18,21-24,27-29H2,1-2H3. The van der Waals surface area contributed by atoms with E-state index >= 15 is 4.79 Å². The lowest BCUT2D eigenvalue weighted by atomic mass is 9.46. The summed E-state index contributed by atoms with van der Waals surface area (Å²) >= 11 is 0. The number of phenolic OH excluding ortho intramolecular Hbond substituents is 2.